The van der Waals surface area contributed by atoms with E-state index in [1.807, 2.05) is 0 Å². The third-order valence-electron chi connectivity index (χ3n) is 3.94. The van der Waals surface area contributed by atoms with Gasteiger partial charge in [0.15, 0.2) is 11.5 Å². The summed E-state index contributed by atoms with van der Waals surface area (Å²) < 4.78 is 16.2. The summed E-state index contributed by atoms with van der Waals surface area (Å²) in [7, 11) is 0. The highest BCUT2D eigenvalue weighted by molar-refractivity contribution is 7.98. The molecule has 4 rings (SSSR count). The molecular formula is C17H12N4O6S. The number of nitro groups is 1. The number of nitrogens with two attached hydrogens (primary N) is 1. The normalized spacial score (nSPS) is 12.1. The van der Waals surface area contributed by atoms with Gasteiger partial charge < -0.3 is 19.6 Å². The zero-order valence-electron chi connectivity index (χ0n) is 14.2. The number of hydrogen-bond acceptors (Lipinski definition) is 9. The van der Waals surface area contributed by atoms with Gasteiger partial charge in [0.05, 0.1) is 4.92 Å². The van der Waals surface area contributed by atoms with Crippen LogP contribution in [-0.2, 0) is 5.75 Å². The van der Waals surface area contributed by atoms with Crippen LogP contribution in [0.3, 0.4) is 0 Å². The molecule has 2 aromatic carbocycles. The number of ether oxygens (including phenoxy) is 2. The standard InChI is InChI=1S/C17H12N4O6S/c18-15(22)9-1-2-11(12(5-9)21(23)24)7-28-17-20-19-16(27-17)10-3-4-13-14(6-10)26-8-25-13/h1-6H,7-8H2,(H2,18,22). The lowest BCUT2D eigenvalue weighted by Gasteiger charge is -2.03. The number of nitrogens with zero attached hydrogens (tertiary/aromatic N) is 3. The minimum absolute atomic E-state index is 0.0725. The van der Waals surface area contributed by atoms with Gasteiger partial charge in [-0.15, -0.1) is 10.2 Å². The average Bonchev–Trinajstić information content (AvgIpc) is 3.34. The van der Waals surface area contributed by atoms with Gasteiger partial charge in [-0.2, -0.15) is 0 Å². The number of carbonyl (C=O) groups excluding carboxylic acids is 1. The Labute approximate surface area is 161 Å². The zero-order valence-corrected chi connectivity index (χ0v) is 15.0. The third-order valence-corrected chi connectivity index (χ3v) is 4.81. The van der Waals surface area contributed by atoms with Crippen molar-refractivity contribution in [2.24, 2.45) is 5.73 Å². The molecule has 3 aromatic rings. The lowest BCUT2D eigenvalue weighted by molar-refractivity contribution is -0.385. The number of primary amides is 1. The van der Waals surface area contributed by atoms with E-state index in [2.05, 4.69) is 10.2 Å². The van der Waals surface area contributed by atoms with Crippen LogP contribution in [0, 0.1) is 10.1 Å². The van der Waals surface area contributed by atoms with Crippen molar-refractivity contribution in [1.82, 2.24) is 10.2 Å². The monoisotopic (exact) mass is 400 g/mol. The van der Waals surface area contributed by atoms with Gasteiger partial charge in [0.25, 0.3) is 10.9 Å². The molecule has 11 heteroatoms. The summed E-state index contributed by atoms with van der Waals surface area (Å²) in [6.45, 7) is 0.164. The van der Waals surface area contributed by atoms with Crippen molar-refractivity contribution < 1.29 is 23.6 Å². The molecule has 0 aliphatic carbocycles. The van der Waals surface area contributed by atoms with Crippen molar-refractivity contribution >= 4 is 23.4 Å². The zero-order chi connectivity index (χ0) is 19.7. The summed E-state index contributed by atoms with van der Waals surface area (Å²) in [5.74, 6) is 1.00. The van der Waals surface area contributed by atoms with Crippen LogP contribution in [0.5, 0.6) is 11.5 Å². The third kappa shape index (κ3) is 3.47. The van der Waals surface area contributed by atoms with Gasteiger partial charge in [0, 0.05) is 28.5 Å². The molecule has 0 unspecified atom stereocenters. The molecule has 0 saturated carbocycles. The van der Waals surface area contributed by atoms with Crippen molar-refractivity contribution in [2.45, 2.75) is 11.0 Å². The molecule has 0 bridgehead atoms. The molecule has 1 amide bonds. The van der Waals surface area contributed by atoms with E-state index in [1.54, 1.807) is 18.2 Å². The Morgan fingerprint density at radius 1 is 1.18 bits per heavy atom. The summed E-state index contributed by atoms with van der Waals surface area (Å²) in [4.78, 5) is 21.9. The Morgan fingerprint density at radius 3 is 2.79 bits per heavy atom. The highest BCUT2D eigenvalue weighted by atomic mass is 32.2. The molecule has 0 radical (unpaired) electrons. The molecule has 0 spiro atoms. The first-order chi connectivity index (χ1) is 13.5. The first-order valence-electron chi connectivity index (χ1n) is 7.95. The number of hydrogen-bond donors (Lipinski definition) is 1. The molecule has 28 heavy (non-hydrogen) atoms. The Balaban J connectivity index is 1.51. The van der Waals surface area contributed by atoms with Crippen LogP contribution in [0.1, 0.15) is 15.9 Å². The summed E-state index contributed by atoms with van der Waals surface area (Å²) in [6.07, 6.45) is 0. The van der Waals surface area contributed by atoms with Crippen molar-refractivity contribution in [2.75, 3.05) is 6.79 Å². The maximum atomic E-state index is 11.3. The van der Waals surface area contributed by atoms with Gasteiger partial charge >= 0.3 is 0 Å². The molecule has 142 valence electrons. The summed E-state index contributed by atoms with van der Waals surface area (Å²) >= 11 is 1.14. The average molecular weight is 400 g/mol. The SMILES string of the molecule is NC(=O)c1ccc(CSc2nnc(-c3ccc4c(c3)OCO4)o2)c([N+](=O)[O-])c1. The first kappa shape index (κ1) is 17.8. The second kappa shape index (κ2) is 7.19. The van der Waals surface area contributed by atoms with Crippen LogP contribution in [0.15, 0.2) is 46.0 Å². The molecule has 2 N–H and O–H groups in total. The van der Waals surface area contributed by atoms with Crippen LogP contribution in [0.25, 0.3) is 11.5 Å². The minimum Gasteiger partial charge on any atom is -0.454 e. The fourth-order valence-corrected chi connectivity index (χ4v) is 3.32. The molecule has 10 nitrogen and oxygen atoms in total. The minimum atomic E-state index is -0.729. The number of aromatic nitrogens is 2. The maximum Gasteiger partial charge on any atom is 0.277 e. The second-order valence-corrected chi connectivity index (χ2v) is 6.62. The van der Waals surface area contributed by atoms with Crippen LogP contribution in [0.4, 0.5) is 5.69 Å². The van der Waals surface area contributed by atoms with E-state index in [1.165, 1.54) is 12.1 Å². The van der Waals surface area contributed by atoms with Crippen molar-refractivity contribution in [3.05, 3.63) is 57.6 Å². The molecule has 0 saturated heterocycles. The first-order valence-corrected chi connectivity index (χ1v) is 8.93. The Bertz CT molecular complexity index is 1080. The van der Waals surface area contributed by atoms with Gasteiger partial charge in [0.1, 0.15) is 0 Å². The van der Waals surface area contributed by atoms with E-state index < -0.39 is 10.8 Å². The van der Waals surface area contributed by atoms with E-state index in [9.17, 15) is 14.9 Å². The van der Waals surface area contributed by atoms with Gasteiger partial charge in [-0.1, -0.05) is 17.8 Å². The van der Waals surface area contributed by atoms with E-state index in [0.717, 1.165) is 17.8 Å². The molecule has 1 aliphatic heterocycles. The van der Waals surface area contributed by atoms with E-state index in [-0.39, 0.29) is 29.0 Å². The number of rotatable bonds is 6. The highest BCUT2D eigenvalue weighted by Crippen LogP contribution is 2.36. The molecule has 1 aromatic heterocycles. The molecular weight excluding hydrogens is 388 g/mol. The lowest BCUT2D eigenvalue weighted by atomic mass is 10.1. The fourth-order valence-electron chi connectivity index (χ4n) is 2.56. The van der Waals surface area contributed by atoms with Crippen molar-refractivity contribution in [3.8, 4) is 23.0 Å². The summed E-state index contributed by atoms with van der Waals surface area (Å²) in [5.41, 5.74) is 6.12. The van der Waals surface area contributed by atoms with Gasteiger partial charge in [-0.3, -0.25) is 14.9 Å². The number of thioether (sulfide) groups is 1. The predicted octanol–water partition coefficient (Wildman–Crippen LogP) is 2.76. The van der Waals surface area contributed by atoms with E-state index in [0.29, 0.717) is 28.5 Å². The van der Waals surface area contributed by atoms with Crippen LogP contribution < -0.4 is 15.2 Å². The van der Waals surface area contributed by atoms with Gasteiger partial charge in [-0.25, -0.2) is 0 Å². The fraction of sp³-hybridized carbons (Fsp3) is 0.118. The maximum absolute atomic E-state index is 11.3. The number of amides is 1. The van der Waals surface area contributed by atoms with Crippen molar-refractivity contribution in [1.29, 1.82) is 0 Å². The number of carbonyl (C=O) groups is 1. The lowest BCUT2D eigenvalue weighted by Crippen LogP contribution is -2.11. The largest absolute Gasteiger partial charge is 0.454 e. The smallest absolute Gasteiger partial charge is 0.277 e. The number of nitro benzene ring substituents is 1. The topological polar surface area (TPSA) is 144 Å². The Morgan fingerprint density at radius 2 is 2.00 bits per heavy atom. The summed E-state index contributed by atoms with van der Waals surface area (Å²) in [5, 5.41) is 19.5. The number of fused-ring (bicyclic) bond motifs is 1. The van der Waals surface area contributed by atoms with Crippen molar-refractivity contribution in [3.63, 3.8) is 0 Å². The number of benzene rings is 2. The molecule has 2 heterocycles. The summed E-state index contributed by atoms with van der Waals surface area (Å²) in [6, 6.07) is 9.33. The predicted molar refractivity (Wildman–Crippen MR) is 97.0 cm³/mol. The molecule has 0 atom stereocenters. The van der Waals surface area contributed by atoms with Gasteiger partial charge in [0.2, 0.25) is 18.6 Å². The molecule has 0 fully saturated rings. The highest BCUT2D eigenvalue weighted by Gasteiger charge is 2.19. The van der Waals surface area contributed by atoms with Crippen LogP contribution in [-0.4, -0.2) is 27.8 Å². The van der Waals surface area contributed by atoms with E-state index in [4.69, 9.17) is 19.6 Å². The quantitative estimate of drug-likeness (QED) is 0.375. The Kier molecular flexibility index (Phi) is 4.57. The second-order valence-electron chi connectivity index (χ2n) is 5.69. The molecule has 1 aliphatic rings. The Hall–Kier alpha value is -3.60. The van der Waals surface area contributed by atoms with Crippen LogP contribution in [0.2, 0.25) is 0 Å². The van der Waals surface area contributed by atoms with Gasteiger partial charge in [-0.05, 0) is 24.3 Å². The van der Waals surface area contributed by atoms with E-state index >= 15 is 0 Å². The van der Waals surface area contributed by atoms with Crippen LogP contribution >= 0.6 is 11.8 Å².